The van der Waals surface area contributed by atoms with E-state index in [1.54, 1.807) is 0 Å². The normalized spacial score (nSPS) is 12.9. The predicted molar refractivity (Wildman–Crippen MR) is 350 cm³/mol. The Morgan fingerprint density at radius 1 is 0.378 bits per heavy atom. The Labute approximate surface area is 508 Å². The van der Waals surface area contributed by atoms with E-state index in [-0.39, 0.29) is 38.2 Å². The van der Waals surface area contributed by atoms with Gasteiger partial charge in [0.25, 0.3) is 6.29 Å². The van der Waals surface area contributed by atoms with Crippen LogP contribution in [0.2, 0.25) is 0 Å². The number of quaternary nitrogens is 1. The van der Waals surface area contributed by atoms with Gasteiger partial charge < -0.3 is 28.5 Å². The molecule has 0 heterocycles. The van der Waals surface area contributed by atoms with E-state index in [1.165, 1.54) is 250 Å². The molecule has 0 fully saturated rings. The lowest BCUT2D eigenvalue weighted by Crippen LogP contribution is -2.40. The Hall–Kier alpha value is -2.75. The van der Waals surface area contributed by atoms with Crippen LogP contribution in [0.1, 0.15) is 341 Å². The number of hydrogen-bond acceptors (Lipinski definition) is 7. The molecule has 0 amide bonds. The van der Waals surface area contributed by atoms with Gasteiger partial charge in [-0.05, 0) is 51.4 Å². The summed E-state index contributed by atoms with van der Waals surface area (Å²) in [6, 6.07) is 0. The second-order valence-electron chi connectivity index (χ2n) is 25.2. The number of carboxylic acid groups (broad SMARTS) is 1. The molecule has 0 saturated carbocycles. The summed E-state index contributed by atoms with van der Waals surface area (Å²) in [7, 11) is 5.99. The van der Waals surface area contributed by atoms with E-state index >= 15 is 0 Å². The molecule has 1 N–H and O–H groups in total. The van der Waals surface area contributed by atoms with Crippen LogP contribution in [0.4, 0.5) is 0 Å². The van der Waals surface area contributed by atoms with E-state index in [0.717, 1.165) is 64.2 Å². The van der Waals surface area contributed by atoms with Crippen LogP contribution in [0.15, 0.2) is 48.6 Å². The molecule has 0 aromatic rings. The summed E-state index contributed by atoms with van der Waals surface area (Å²) in [5.74, 6) is -1.98. The van der Waals surface area contributed by atoms with Gasteiger partial charge in [-0.15, -0.1) is 0 Å². The maximum atomic E-state index is 12.9. The molecule has 9 heteroatoms. The third kappa shape index (κ3) is 64.8. The third-order valence-corrected chi connectivity index (χ3v) is 15.8. The number of carbonyl (C=O) groups excluding carboxylic acids is 2. The van der Waals surface area contributed by atoms with Crippen molar-refractivity contribution in [1.29, 1.82) is 0 Å². The van der Waals surface area contributed by atoms with Crippen molar-refractivity contribution in [3.63, 3.8) is 0 Å². The quantitative estimate of drug-likeness (QED) is 0.0211. The van der Waals surface area contributed by atoms with Gasteiger partial charge in [-0.3, -0.25) is 9.59 Å². The average Bonchev–Trinajstić information content (AvgIpc) is 3.45. The summed E-state index contributed by atoms with van der Waals surface area (Å²) >= 11 is 0. The Balaban J connectivity index is 4.05. The molecule has 0 radical (unpaired) electrons. The molecular formula is C73H136NO8+. The van der Waals surface area contributed by atoms with Crippen molar-refractivity contribution >= 4 is 17.9 Å². The number of ether oxygens (including phenoxy) is 4. The van der Waals surface area contributed by atoms with Gasteiger partial charge in [-0.25, -0.2) is 4.79 Å². The molecule has 0 spiro atoms. The molecular weight excluding hydrogens is 1020 g/mol. The fraction of sp³-hybridized carbons (Fsp3) is 0.849. The average molecular weight is 1160 g/mol. The zero-order chi connectivity index (χ0) is 59.8. The molecule has 480 valence electrons. The number of likely N-dealkylation sites (N-methyl/N-ethyl adjacent to an activating group) is 1. The van der Waals surface area contributed by atoms with Gasteiger partial charge in [0.15, 0.2) is 6.10 Å². The molecule has 9 nitrogen and oxygen atoms in total. The maximum Gasteiger partial charge on any atom is 0.361 e. The van der Waals surface area contributed by atoms with Crippen molar-refractivity contribution in [2.45, 2.75) is 354 Å². The van der Waals surface area contributed by atoms with Crippen LogP contribution in [0.3, 0.4) is 0 Å². The monoisotopic (exact) mass is 1160 g/mol. The smallest absolute Gasteiger partial charge is 0.361 e. The van der Waals surface area contributed by atoms with Crippen molar-refractivity contribution in [2.75, 3.05) is 47.5 Å². The highest BCUT2D eigenvalue weighted by Crippen LogP contribution is 2.19. The van der Waals surface area contributed by atoms with Gasteiger partial charge in [0.1, 0.15) is 13.2 Å². The van der Waals surface area contributed by atoms with Crippen LogP contribution in [0.5, 0.6) is 0 Å². The molecule has 0 rings (SSSR count). The number of carbonyl (C=O) groups is 3. The predicted octanol–water partition coefficient (Wildman–Crippen LogP) is 21.8. The minimum absolute atomic E-state index is 0.176. The lowest BCUT2D eigenvalue weighted by atomic mass is 10.0. The highest BCUT2D eigenvalue weighted by molar-refractivity contribution is 5.71. The maximum absolute atomic E-state index is 12.9. The first kappa shape index (κ1) is 79.2. The van der Waals surface area contributed by atoms with Crippen LogP contribution >= 0.6 is 0 Å². The Morgan fingerprint density at radius 2 is 0.695 bits per heavy atom. The third-order valence-electron chi connectivity index (χ3n) is 15.8. The fourth-order valence-corrected chi connectivity index (χ4v) is 10.5. The number of aliphatic carboxylic acids is 1. The molecule has 82 heavy (non-hydrogen) atoms. The van der Waals surface area contributed by atoms with Gasteiger partial charge in [-0.1, -0.05) is 326 Å². The van der Waals surface area contributed by atoms with E-state index < -0.39 is 18.4 Å². The Bertz CT molecular complexity index is 1480. The van der Waals surface area contributed by atoms with Crippen molar-refractivity contribution < 1.29 is 42.9 Å². The second-order valence-corrected chi connectivity index (χ2v) is 25.2. The molecule has 2 atom stereocenters. The van der Waals surface area contributed by atoms with E-state index in [9.17, 15) is 19.5 Å². The van der Waals surface area contributed by atoms with Crippen LogP contribution in [-0.2, 0) is 33.3 Å². The first-order valence-electron chi connectivity index (χ1n) is 35.3. The molecule has 2 unspecified atom stereocenters. The van der Waals surface area contributed by atoms with Gasteiger partial charge in [0.2, 0.25) is 0 Å². The number of unbranched alkanes of at least 4 members (excludes halogenated alkanes) is 43. The number of allylic oxidation sites excluding steroid dienone is 8. The molecule has 0 aliphatic carbocycles. The van der Waals surface area contributed by atoms with Gasteiger partial charge in [0.05, 0.1) is 34.4 Å². The SMILES string of the molecule is CC/C=C\C/C=C\C/C=C\C/C=C\CCCCCCCCCCCCCCCCCCCCCCC(=O)OC(COC(=O)CCCCCCCCCCCCCCCCCCCCCCCCCC)COC(OCC[N+](C)(C)C)C(=O)O. The standard InChI is InChI=1S/C73H135NO8/c1-6-8-10-12-14-16-18-20-22-24-26-28-30-32-33-34-35-36-37-38-39-40-42-44-46-48-50-52-54-56-58-60-62-64-71(76)82-69(68-81-73(72(77)78)79-66-65-74(3,4)5)67-80-70(75)63-61-59-57-55-53-51-49-47-45-43-41-31-29-27-25-23-21-19-17-15-13-11-9-7-2/h8,10,14,16,20,22,26,28,69,73H,6-7,9,11-13,15,17-19,21,23-25,27,29-68H2,1-5H3/p+1/b10-8-,16-14-,22-20-,28-26-. The Morgan fingerprint density at radius 3 is 1.04 bits per heavy atom. The summed E-state index contributed by atoms with van der Waals surface area (Å²) < 4.78 is 23.0. The number of rotatable bonds is 66. The lowest BCUT2D eigenvalue weighted by Gasteiger charge is -2.25. The van der Waals surface area contributed by atoms with Crippen LogP contribution in [-0.4, -0.2) is 87.4 Å². The molecule has 0 saturated heterocycles. The van der Waals surface area contributed by atoms with Gasteiger partial charge >= 0.3 is 17.9 Å². The molecule has 0 aromatic carbocycles. The van der Waals surface area contributed by atoms with Gasteiger partial charge in [0, 0.05) is 12.8 Å². The first-order chi connectivity index (χ1) is 40.1. The lowest BCUT2D eigenvalue weighted by molar-refractivity contribution is -0.870. The minimum atomic E-state index is -1.51. The molecule has 0 aliphatic rings. The van der Waals surface area contributed by atoms with Crippen molar-refractivity contribution in [2.24, 2.45) is 0 Å². The summed E-state index contributed by atoms with van der Waals surface area (Å²) in [4.78, 5) is 37.6. The molecule has 0 aromatic heterocycles. The molecule has 0 bridgehead atoms. The van der Waals surface area contributed by atoms with E-state index in [2.05, 4.69) is 62.5 Å². The second kappa shape index (κ2) is 64.3. The fourth-order valence-electron chi connectivity index (χ4n) is 10.5. The van der Waals surface area contributed by atoms with Gasteiger partial charge in [-0.2, -0.15) is 0 Å². The largest absolute Gasteiger partial charge is 0.477 e. The van der Waals surface area contributed by atoms with E-state index in [0.29, 0.717) is 17.4 Å². The van der Waals surface area contributed by atoms with Crippen LogP contribution < -0.4 is 0 Å². The summed E-state index contributed by atoms with van der Waals surface area (Å²) in [6.45, 7) is 4.83. The molecule has 0 aliphatic heterocycles. The van der Waals surface area contributed by atoms with Crippen molar-refractivity contribution in [3.8, 4) is 0 Å². The first-order valence-corrected chi connectivity index (χ1v) is 35.3. The summed E-state index contributed by atoms with van der Waals surface area (Å²) in [6.07, 6.45) is 79.4. The van der Waals surface area contributed by atoms with E-state index in [4.69, 9.17) is 18.9 Å². The zero-order valence-corrected chi connectivity index (χ0v) is 54.9. The summed E-state index contributed by atoms with van der Waals surface area (Å²) in [5.41, 5.74) is 0. The number of carboxylic acids is 1. The highest BCUT2D eigenvalue weighted by Gasteiger charge is 2.25. The highest BCUT2D eigenvalue weighted by atomic mass is 16.7. The Kier molecular flexibility index (Phi) is 62.1. The number of nitrogens with zero attached hydrogens (tertiary/aromatic N) is 1. The number of hydrogen-bond donors (Lipinski definition) is 1. The van der Waals surface area contributed by atoms with E-state index in [1.807, 2.05) is 21.1 Å². The van der Waals surface area contributed by atoms with Crippen LogP contribution in [0.25, 0.3) is 0 Å². The summed E-state index contributed by atoms with van der Waals surface area (Å²) in [5, 5.41) is 9.75. The van der Waals surface area contributed by atoms with Crippen LogP contribution in [0, 0.1) is 0 Å². The van der Waals surface area contributed by atoms with Crippen molar-refractivity contribution in [1.82, 2.24) is 0 Å². The zero-order valence-electron chi connectivity index (χ0n) is 54.9. The topological polar surface area (TPSA) is 108 Å². The van der Waals surface area contributed by atoms with Crippen molar-refractivity contribution in [3.05, 3.63) is 48.6 Å². The number of esters is 2. The minimum Gasteiger partial charge on any atom is -0.477 e.